The van der Waals surface area contributed by atoms with E-state index in [0.29, 0.717) is 10.6 Å². The molecule has 0 aliphatic rings. The van der Waals surface area contributed by atoms with Gasteiger partial charge in [-0.25, -0.2) is 4.98 Å². The summed E-state index contributed by atoms with van der Waals surface area (Å²) < 4.78 is 37.9. The van der Waals surface area contributed by atoms with Crippen molar-refractivity contribution < 1.29 is 18.3 Å². The molecule has 2 rings (SSSR count). The monoisotopic (exact) mass is 287 g/mol. The van der Waals surface area contributed by atoms with E-state index in [0.717, 1.165) is 17.1 Å². The van der Waals surface area contributed by atoms with Gasteiger partial charge in [0, 0.05) is 0 Å². The fraction of sp³-hybridized carbons (Fsp3) is 0.308. The molecule has 0 saturated heterocycles. The minimum absolute atomic E-state index is 0.224. The van der Waals surface area contributed by atoms with Gasteiger partial charge in [-0.3, -0.25) is 0 Å². The number of aliphatic hydroxyl groups is 1. The maximum Gasteiger partial charge on any atom is 0.416 e. The topological polar surface area (TPSA) is 33.1 Å². The van der Waals surface area contributed by atoms with Gasteiger partial charge < -0.3 is 5.11 Å². The highest BCUT2D eigenvalue weighted by Gasteiger charge is 2.31. The summed E-state index contributed by atoms with van der Waals surface area (Å²) in [4.78, 5) is 4.75. The Balaban J connectivity index is 2.39. The normalized spacial score (nSPS) is 13.6. The number of rotatable bonds is 2. The SMILES string of the molecule is Cc1nc(C)c(C(O)c2cccc(C(F)(F)F)c2)s1. The molecule has 0 aliphatic heterocycles. The van der Waals surface area contributed by atoms with Crippen LogP contribution in [-0.2, 0) is 6.18 Å². The molecule has 102 valence electrons. The van der Waals surface area contributed by atoms with Gasteiger partial charge >= 0.3 is 6.18 Å². The Labute approximate surface area is 112 Å². The van der Waals surface area contributed by atoms with Crippen LogP contribution in [0.2, 0.25) is 0 Å². The Morgan fingerprint density at radius 2 is 1.95 bits per heavy atom. The molecule has 1 heterocycles. The van der Waals surface area contributed by atoms with E-state index in [1.54, 1.807) is 13.8 Å². The van der Waals surface area contributed by atoms with E-state index in [-0.39, 0.29) is 5.56 Å². The lowest BCUT2D eigenvalue weighted by Gasteiger charge is -2.13. The van der Waals surface area contributed by atoms with Gasteiger partial charge in [0.1, 0.15) is 6.10 Å². The maximum absolute atomic E-state index is 12.6. The molecule has 0 radical (unpaired) electrons. The Kier molecular flexibility index (Phi) is 3.64. The van der Waals surface area contributed by atoms with Crippen LogP contribution in [0.15, 0.2) is 24.3 Å². The Bertz CT molecular complexity index is 592. The van der Waals surface area contributed by atoms with Gasteiger partial charge in [0.2, 0.25) is 0 Å². The number of aromatic nitrogens is 1. The van der Waals surface area contributed by atoms with Gasteiger partial charge in [-0.1, -0.05) is 12.1 Å². The molecule has 2 aromatic rings. The molecule has 6 heteroatoms. The molecule has 2 nitrogen and oxygen atoms in total. The number of nitrogens with zero attached hydrogens (tertiary/aromatic N) is 1. The molecule has 0 bridgehead atoms. The molecule has 19 heavy (non-hydrogen) atoms. The lowest BCUT2D eigenvalue weighted by Crippen LogP contribution is -2.07. The highest BCUT2D eigenvalue weighted by atomic mass is 32.1. The third kappa shape index (κ3) is 2.96. The summed E-state index contributed by atoms with van der Waals surface area (Å²) in [5, 5.41) is 11.0. The van der Waals surface area contributed by atoms with Gasteiger partial charge in [0.05, 0.1) is 21.1 Å². The summed E-state index contributed by atoms with van der Waals surface area (Å²) in [6, 6.07) is 4.74. The number of hydrogen-bond acceptors (Lipinski definition) is 3. The lowest BCUT2D eigenvalue weighted by molar-refractivity contribution is -0.137. The molecule has 0 amide bonds. The van der Waals surface area contributed by atoms with E-state index in [4.69, 9.17) is 0 Å². The molecule has 0 fully saturated rings. The number of alkyl halides is 3. The number of halogens is 3. The predicted octanol–water partition coefficient (Wildman–Crippen LogP) is 3.86. The summed E-state index contributed by atoms with van der Waals surface area (Å²) in [7, 11) is 0. The van der Waals surface area contributed by atoms with Crippen LogP contribution in [0.5, 0.6) is 0 Å². The Morgan fingerprint density at radius 3 is 2.47 bits per heavy atom. The van der Waals surface area contributed by atoms with Crippen LogP contribution in [-0.4, -0.2) is 10.1 Å². The minimum Gasteiger partial charge on any atom is -0.383 e. The van der Waals surface area contributed by atoms with Crippen molar-refractivity contribution in [3.05, 3.63) is 51.0 Å². The van der Waals surface area contributed by atoms with Crippen LogP contribution in [0.4, 0.5) is 13.2 Å². The van der Waals surface area contributed by atoms with Gasteiger partial charge in [0.25, 0.3) is 0 Å². The average Bonchev–Trinajstić information content (AvgIpc) is 2.66. The van der Waals surface area contributed by atoms with E-state index in [9.17, 15) is 18.3 Å². The van der Waals surface area contributed by atoms with Crippen molar-refractivity contribution in [2.24, 2.45) is 0 Å². The van der Waals surface area contributed by atoms with E-state index in [1.165, 1.54) is 23.5 Å². The quantitative estimate of drug-likeness (QED) is 0.909. The van der Waals surface area contributed by atoms with Crippen LogP contribution < -0.4 is 0 Å². The largest absolute Gasteiger partial charge is 0.416 e. The summed E-state index contributed by atoms with van der Waals surface area (Å²) >= 11 is 1.29. The minimum atomic E-state index is -4.41. The predicted molar refractivity (Wildman–Crippen MR) is 67.1 cm³/mol. The standard InChI is InChI=1S/C13H12F3NOS/c1-7-12(19-8(2)17-7)11(18)9-4-3-5-10(6-9)13(14,15)16/h3-6,11,18H,1-2H3. The Hall–Kier alpha value is -1.40. The van der Waals surface area contributed by atoms with Crippen LogP contribution in [0.1, 0.15) is 32.8 Å². The number of aliphatic hydroxyl groups excluding tert-OH is 1. The number of hydrogen-bond donors (Lipinski definition) is 1. The third-order valence-corrected chi connectivity index (χ3v) is 3.84. The highest BCUT2D eigenvalue weighted by Crippen LogP contribution is 2.34. The average molecular weight is 287 g/mol. The van der Waals surface area contributed by atoms with Crippen LogP contribution >= 0.6 is 11.3 Å². The van der Waals surface area contributed by atoms with E-state index in [1.807, 2.05) is 0 Å². The zero-order valence-corrected chi connectivity index (χ0v) is 11.1. The maximum atomic E-state index is 12.6. The van der Waals surface area contributed by atoms with Gasteiger partial charge in [-0.05, 0) is 31.5 Å². The first-order valence-electron chi connectivity index (χ1n) is 5.58. The van der Waals surface area contributed by atoms with Crippen LogP contribution in [0.3, 0.4) is 0 Å². The molecule has 0 saturated carbocycles. The van der Waals surface area contributed by atoms with Crippen molar-refractivity contribution in [3.8, 4) is 0 Å². The summed E-state index contributed by atoms with van der Waals surface area (Å²) in [5.41, 5.74) is 0.108. The molecule has 0 spiro atoms. The third-order valence-electron chi connectivity index (χ3n) is 2.72. The number of aryl methyl sites for hydroxylation is 2. The first-order valence-corrected chi connectivity index (χ1v) is 6.40. The van der Waals surface area contributed by atoms with Crippen molar-refractivity contribution >= 4 is 11.3 Å². The fourth-order valence-corrected chi connectivity index (χ4v) is 2.78. The van der Waals surface area contributed by atoms with Crippen LogP contribution in [0, 0.1) is 13.8 Å². The van der Waals surface area contributed by atoms with Gasteiger partial charge in [-0.15, -0.1) is 11.3 Å². The number of benzene rings is 1. The van der Waals surface area contributed by atoms with Crippen molar-refractivity contribution in [1.29, 1.82) is 0 Å². The second-order valence-corrected chi connectivity index (χ2v) is 5.44. The molecule has 1 N–H and O–H groups in total. The van der Waals surface area contributed by atoms with E-state index in [2.05, 4.69) is 4.98 Å². The first-order chi connectivity index (χ1) is 8.79. The van der Waals surface area contributed by atoms with E-state index >= 15 is 0 Å². The van der Waals surface area contributed by atoms with Crippen LogP contribution in [0.25, 0.3) is 0 Å². The second-order valence-electron chi connectivity index (χ2n) is 4.21. The molecule has 1 unspecified atom stereocenters. The smallest absolute Gasteiger partial charge is 0.383 e. The summed E-state index contributed by atoms with van der Waals surface area (Å²) in [5.74, 6) is 0. The second kappa shape index (κ2) is 4.94. The van der Waals surface area contributed by atoms with E-state index < -0.39 is 17.8 Å². The molecule has 1 atom stereocenters. The van der Waals surface area contributed by atoms with Gasteiger partial charge in [-0.2, -0.15) is 13.2 Å². The lowest BCUT2D eigenvalue weighted by atomic mass is 10.0. The highest BCUT2D eigenvalue weighted by molar-refractivity contribution is 7.11. The summed E-state index contributed by atoms with van der Waals surface area (Å²) in [6.45, 7) is 3.52. The number of thiazole rings is 1. The zero-order valence-electron chi connectivity index (χ0n) is 10.3. The van der Waals surface area contributed by atoms with Crippen molar-refractivity contribution in [1.82, 2.24) is 4.98 Å². The van der Waals surface area contributed by atoms with Crippen molar-refractivity contribution in [2.75, 3.05) is 0 Å². The molecular weight excluding hydrogens is 275 g/mol. The Morgan fingerprint density at radius 1 is 1.26 bits per heavy atom. The molecule has 1 aromatic heterocycles. The first kappa shape index (κ1) is 14.0. The molecular formula is C13H12F3NOS. The van der Waals surface area contributed by atoms with Gasteiger partial charge in [0.15, 0.2) is 0 Å². The zero-order chi connectivity index (χ0) is 14.2. The summed E-state index contributed by atoms with van der Waals surface area (Å²) in [6.07, 6.45) is -5.48. The molecule has 1 aromatic carbocycles. The van der Waals surface area contributed by atoms with Crippen molar-refractivity contribution in [3.63, 3.8) is 0 Å². The van der Waals surface area contributed by atoms with Crippen molar-refractivity contribution in [2.45, 2.75) is 26.1 Å². The fourth-order valence-electron chi connectivity index (χ4n) is 1.84. The molecule has 0 aliphatic carbocycles.